The molecule has 2 aromatic carbocycles. The Balaban J connectivity index is 1.50. The van der Waals surface area contributed by atoms with E-state index in [1.165, 1.54) is 0 Å². The molecule has 0 saturated carbocycles. The number of aromatic nitrogens is 1. The summed E-state index contributed by atoms with van der Waals surface area (Å²) in [7, 11) is 0. The number of carbonyl (C=O) groups excluding carboxylic acids is 2. The molecule has 2 aliphatic rings. The summed E-state index contributed by atoms with van der Waals surface area (Å²) in [4.78, 5) is 28.2. The number of hydrogen-bond donors (Lipinski definition) is 1. The van der Waals surface area contributed by atoms with E-state index in [9.17, 15) is 9.59 Å². The van der Waals surface area contributed by atoms with Crippen molar-refractivity contribution in [1.29, 1.82) is 0 Å². The Morgan fingerprint density at radius 1 is 1.10 bits per heavy atom. The molecule has 0 unspecified atom stereocenters. The number of benzene rings is 2. The Morgan fingerprint density at radius 2 is 1.90 bits per heavy atom. The highest BCUT2D eigenvalue weighted by atomic mass is 16.7. The summed E-state index contributed by atoms with van der Waals surface area (Å²) in [6.45, 7) is 2.60. The molecule has 7 nitrogen and oxygen atoms in total. The first-order valence-electron chi connectivity index (χ1n) is 10.1. The number of amides is 2. The summed E-state index contributed by atoms with van der Waals surface area (Å²) >= 11 is 0. The molecule has 156 valence electrons. The van der Waals surface area contributed by atoms with Crippen LogP contribution in [0.3, 0.4) is 0 Å². The van der Waals surface area contributed by atoms with Crippen LogP contribution in [0.25, 0.3) is 0 Å². The zero-order chi connectivity index (χ0) is 21.4. The van der Waals surface area contributed by atoms with Gasteiger partial charge < -0.3 is 19.7 Å². The van der Waals surface area contributed by atoms with E-state index in [0.717, 1.165) is 22.5 Å². The largest absolute Gasteiger partial charge is 0.454 e. The molecule has 0 spiro atoms. The fraction of sp³-hybridized carbons (Fsp3) is 0.208. The van der Waals surface area contributed by atoms with E-state index < -0.39 is 6.04 Å². The van der Waals surface area contributed by atoms with Crippen LogP contribution in [0.4, 0.5) is 5.69 Å². The van der Waals surface area contributed by atoms with Crippen LogP contribution in [0, 0.1) is 6.92 Å². The van der Waals surface area contributed by atoms with Crippen molar-refractivity contribution < 1.29 is 23.6 Å². The Labute approximate surface area is 179 Å². The average Bonchev–Trinajstić information content (AvgIpc) is 3.23. The summed E-state index contributed by atoms with van der Waals surface area (Å²) in [5.74, 6) is 0.968. The van der Waals surface area contributed by atoms with Crippen molar-refractivity contribution in [1.82, 2.24) is 4.90 Å². The third kappa shape index (κ3) is 3.59. The summed E-state index contributed by atoms with van der Waals surface area (Å²) in [5.41, 5.74) is 3.34. The van der Waals surface area contributed by atoms with E-state index in [4.69, 9.17) is 9.47 Å². The van der Waals surface area contributed by atoms with Gasteiger partial charge in [-0.15, -0.1) is 0 Å². The van der Waals surface area contributed by atoms with Gasteiger partial charge in [-0.25, -0.2) is 0 Å². The molecule has 3 aromatic rings. The molecule has 0 bridgehead atoms. The number of pyridine rings is 1. The zero-order valence-corrected chi connectivity index (χ0v) is 17.1. The molecule has 31 heavy (non-hydrogen) atoms. The van der Waals surface area contributed by atoms with Gasteiger partial charge in [0.2, 0.25) is 19.0 Å². The zero-order valence-electron chi connectivity index (χ0n) is 17.1. The highest BCUT2D eigenvalue weighted by Crippen LogP contribution is 2.34. The van der Waals surface area contributed by atoms with Crippen molar-refractivity contribution in [3.8, 4) is 11.5 Å². The number of anilines is 1. The third-order valence-corrected chi connectivity index (χ3v) is 5.63. The lowest BCUT2D eigenvalue weighted by Crippen LogP contribution is -2.58. The summed E-state index contributed by atoms with van der Waals surface area (Å²) in [5, 5.41) is 3.01. The van der Waals surface area contributed by atoms with Crippen molar-refractivity contribution in [2.45, 2.75) is 26.1 Å². The molecule has 0 aliphatic carbocycles. The summed E-state index contributed by atoms with van der Waals surface area (Å²) < 4.78 is 12.7. The number of para-hydroxylation sites is 1. The first-order valence-corrected chi connectivity index (χ1v) is 10.1. The van der Waals surface area contributed by atoms with Crippen molar-refractivity contribution >= 4 is 17.5 Å². The number of nitrogens with zero attached hydrogens (tertiary/aromatic N) is 2. The van der Waals surface area contributed by atoms with Crippen molar-refractivity contribution in [2.75, 3.05) is 12.1 Å². The second-order valence-corrected chi connectivity index (χ2v) is 7.67. The Hall–Kier alpha value is -3.87. The normalized spacial score (nSPS) is 16.7. The van der Waals surface area contributed by atoms with Gasteiger partial charge in [0.15, 0.2) is 23.7 Å². The predicted molar refractivity (Wildman–Crippen MR) is 112 cm³/mol. The Bertz CT molecular complexity index is 1180. The van der Waals surface area contributed by atoms with E-state index in [-0.39, 0.29) is 31.7 Å². The molecular weight excluding hydrogens is 394 g/mol. The summed E-state index contributed by atoms with van der Waals surface area (Å²) in [6, 6.07) is 18.1. The molecule has 0 saturated heterocycles. The molecule has 2 amide bonds. The second kappa shape index (κ2) is 7.75. The molecule has 0 fully saturated rings. The smallest absolute Gasteiger partial charge is 0.289 e. The van der Waals surface area contributed by atoms with Gasteiger partial charge in [-0.05, 0) is 36.2 Å². The van der Waals surface area contributed by atoms with Crippen molar-refractivity contribution in [2.24, 2.45) is 0 Å². The van der Waals surface area contributed by atoms with Crippen LogP contribution in [-0.2, 0) is 22.7 Å². The van der Waals surface area contributed by atoms with Crippen LogP contribution < -0.4 is 19.4 Å². The molecular formula is C24H22N3O4+. The standard InChI is InChI=1S/C24H21N3O4/c1-16-6-2-3-7-18(16)25-24(29)23-19-8-4-5-11-26(19)14-22(28)27(23)13-17-9-10-20-21(12-17)31-15-30-20/h2-12,23H,13-15H2,1H3/p+1/t23-/m0/s1. The van der Waals surface area contributed by atoms with E-state index >= 15 is 0 Å². The van der Waals surface area contributed by atoms with Gasteiger partial charge >= 0.3 is 0 Å². The minimum absolute atomic E-state index is 0.119. The van der Waals surface area contributed by atoms with Crippen LogP contribution in [0.15, 0.2) is 66.9 Å². The Kier molecular flexibility index (Phi) is 4.78. The third-order valence-electron chi connectivity index (χ3n) is 5.63. The molecule has 1 N–H and O–H groups in total. The van der Waals surface area contributed by atoms with Crippen molar-refractivity contribution in [3.63, 3.8) is 0 Å². The van der Waals surface area contributed by atoms with Crippen LogP contribution in [0.2, 0.25) is 0 Å². The van der Waals surface area contributed by atoms with Crippen LogP contribution in [0.5, 0.6) is 11.5 Å². The second-order valence-electron chi connectivity index (χ2n) is 7.67. The van der Waals surface area contributed by atoms with Gasteiger partial charge in [0.25, 0.3) is 11.8 Å². The van der Waals surface area contributed by atoms with Gasteiger partial charge in [0.05, 0.1) is 0 Å². The fourth-order valence-corrected chi connectivity index (χ4v) is 4.03. The van der Waals surface area contributed by atoms with Gasteiger partial charge in [-0.2, -0.15) is 4.57 Å². The minimum atomic E-state index is -0.757. The predicted octanol–water partition coefficient (Wildman–Crippen LogP) is 2.73. The van der Waals surface area contributed by atoms with Crippen LogP contribution in [0.1, 0.15) is 22.9 Å². The lowest BCUT2D eigenvalue weighted by atomic mass is 10.0. The van der Waals surface area contributed by atoms with Gasteiger partial charge in [-0.1, -0.05) is 30.3 Å². The number of ether oxygens (including phenoxy) is 2. The van der Waals surface area contributed by atoms with Crippen LogP contribution in [-0.4, -0.2) is 23.5 Å². The van der Waals surface area contributed by atoms with E-state index in [0.29, 0.717) is 11.5 Å². The number of aryl methyl sites for hydroxylation is 1. The maximum Gasteiger partial charge on any atom is 0.289 e. The Morgan fingerprint density at radius 3 is 2.77 bits per heavy atom. The van der Waals surface area contributed by atoms with Gasteiger partial charge in [-0.3, -0.25) is 9.59 Å². The van der Waals surface area contributed by atoms with Gasteiger partial charge in [0.1, 0.15) is 0 Å². The minimum Gasteiger partial charge on any atom is -0.454 e. The molecule has 7 heteroatoms. The average molecular weight is 416 g/mol. The first kappa shape index (κ1) is 19.1. The highest BCUT2D eigenvalue weighted by molar-refractivity contribution is 5.98. The number of rotatable bonds is 4. The molecule has 0 radical (unpaired) electrons. The lowest BCUT2D eigenvalue weighted by molar-refractivity contribution is -0.698. The van der Waals surface area contributed by atoms with E-state index in [1.807, 2.05) is 78.4 Å². The van der Waals surface area contributed by atoms with Crippen LogP contribution >= 0.6 is 0 Å². The molecule has 2 aliphatic heterocycles. The molecule has 1 aromatic heterocycles. The number of nitrogens with one attached hydrogen (secondary N) is 1. The maximum atomic E-state index is 13.5. The van der Waals surface area contributed by atoms with E-state index in [1.54, 1.807) is 4.90 Å². The molecule has 5 rings (SSSR count). The number of fused-ring (bicyclic) bond motifs is 2. The lowest BCUT2D eigenvalue weighted by Gasteiger charge is -2.32. The summed E-state index contributed by atoms with van der Waals surface area (Å²) in [6.07, 6.45) is 1.83. The highest BCUT2D eigenvalue weighted by Gasteiger charge is 2.42. The number of carbonyl (C=O) groups is 2. The fourth-order valence-electron chi connectivity index (χ4n) is 4.03. The topological polar surface area (TPSA) is 71.8 Å². The monoisotopic (exact) mass is 416 g/mol. The molecule has 1 atom stereocenters. The van der Waals surface area contributed by atoms with Crippen molar-refractivity contribution in [3.05, 3.63) is 83.7 Å². The quantitative estimate of drug-likeness (QED) is 0.664. The van der Waals surface area contributed by atoms with E-state index in [2.05, 4.69) is 5.32 Å². The SMILES string of the molecule is Cc1ccccc1NC(=O)[C@@H]1c2cccc[n+]2CC(=O)N1Cc1ccc2c(c1)OCO2. The molecule has 3 heterocycles. The van der Waals surface area contributed by atoms with Gasteiger partial charge in [0, 0.05) is 24.4 Å². The number of hydrogen-bond acceptors (Lipinski definition) is 4. The first-order chi connectivity index (χ1) is 15.1. The maximum absolute atomic E-state index is 13.5.